The largest absolute Gasteiger partial charge is 0.306 e. The van der Waals surface area contributed by atoms with Gasteiger partial charge in [0.05, 0.1) is 17.6 Å². The lowest BCUT2D eigenvalue weighted by molar-refractivity contribution is 0.563. The van der Waals surface area contributed by atoms with E-state index in [2.05, 4.69) is 5.10 Å². The van der Waals surface area contributed by atoms with Crippen LogP contribution in [0.5, 0.6) is 0 Å². The van der Waals surface area contributed by atoms with Crippen LogP contribution < -0.4 is 5.56 Å². The molecule has 8 heteroatoms. The molecule has 3 aromatic carbocycles. The first kappa shape index (κ1) is 22.1. The number of rotatable bonds is 6. The van der Waals surface area contributed by atoms with E-state index >= 15 is 0 Å². The number of hydrogen-bond acceptors (Lipinski definition) is 3. The number of hydrogen-bond donors (Lipinski definition) is 1. The molecule has 0 bridgehead atoms. The van der Waals surface area contributed by atoms with Gasteiger partial charge in [-0.15, -0.1) is 0 Å². The molecule has 5 nitrogen and oxygen atoms in total. The van der Waals surface area contributed by atoms with Gasteiger partial charge < -0.3 is 4.55 Å². The van der Waals surface area contributed by atoms with Crippen LogP contribution in [0.15, 0.2) is 83.8 Å². The molecular weight excluding hydrogens is 451 g/mol. The van der Waals surface area contributed by atoms with E-state index in [9.17, 15) is 13.4 Å². The summed E-state index contributed by atoms with van der Waals surface area (Å²) < 4.78 is 35.2. The summed E-state index contributed by atoms with van der Waals surface area (Å²) in [7, 11) is 0. The Morgan fingerprint density at radius 3 is 2.44 bits per heavy atom. The maximum atomic E-state index is 13.8. The molecule has 1 aromatic heterocycles. The van der Waals surface area contributed by atoms with Crippen LogP contribution >= 0.6 is 11.6 Å². The summed E-state index contributed by atoms with van der Waals surface area (Å²) in [5.74, 6) is -0.361. The summed E-state index contributed by atoms with van der Waals surface area (Å²) in [5.41, 5.74) is 3.32. The average Bonchev–Trinajstić information content (AvgIpc) is 2.75. The molecule has 1 atom stereocenters. The molecule has 0 saturated carbocycles. The van der Waals surface area contributed by atoms with Gasteiger partial charge in [-0.2, -0.15) is 9.78 Å². The molecule has 1 heterocycles. The molecule has 0 spiro atoms. The molecule has 162 valence electrons. The topological polar surface area (TPSA) is 72.2 Å². The van der Waals surface area contributed by atoms with Crippen molar-refractivity contribution in [3.63, 3.8) is 0 Å². The summed E-state index contributed by atoms with van der Waals surface area (Å²) in [6, 6.07) is 19.9. The van der Waals surface area contributed by atoms with Crippen molar-refractivity contribution in [2.75, 3.05) is 0 Å². The number of aromatic nitrogens is 2. The van der Waals surface area contributed by atoms with Crippen LogP contribution in [0.2, 0.25) is 5.02 Å². The Morgan fingerprint density at radius 2 is 1.75 bits per heavy atom. The normalized spacial score (nSPS) is 12.0. The summed E-state index contributed by atoms with van der Waals surface area (Å²) in [6.45, 7) is 0. The predicted molar refractivity (Wildman–Crippen MR) is 124 cm³/mol. The van der Waals surface area contributed by atoms with Crippen molar-refractivity contribution >= 4 is 22.7 Å². The Labute approximate surface area is 191 Å². The first-order chi connectivity index (χ1) is 15.4. The summed E-state index contributed by atoms with van der Waals surface area (Å²) in [6.07, 6.45) is 1.80. The summed E-state index contributed by atoms with van der Waals surface area (Å²) in [4.78, 5) is 13.5. The molecule has 4 aromatic rings. The Morgan fingerprint density at radius 1 is 1.00 bits per heavy atom. The third kappa shape index (κ3) is 5.02. The van der Waals surface area contributed by atoms with Crippen LogP contribution in [0.4, 0.5) is 4.39 Å². The van der Waals surface area contributed by atoms with Gasteiger partial charge in [-0.3, -0.25) is 4.79 Å². The first-order valence-electron chi connectivity index (χ1n) is 9.69. The molecule has 32 heavy (non-hydrogen) atoms. The molecule has 0 aliphatic carbocycles. The lowest BCUT2D eigenvalue weighted by Gasteiger charge is -2.13. The van der Waals surface area contributed by atoms with Crippen LogP contribution in [0.25, 0.3) is 16.8 Å². The van der Waals surface area contributed by atoms with E-state index in [-0.39, 0.29) is 23.6 Å². The monoisotopic (exact) mass is 468 g/mol. The number of halogens is 2. The van der Waals surface area contributed by atoms with Crippen molar-refractivity contribution in [2.45, 2.75) is 12.2 Å². The third-order valence-corrected chi connectivity index (χ3v) is 5.77. The van der Waals surface area contributed by atoms with Crippen molar-refractivity contribution in [1.82, 2.24) is 9.78 Å². The van der Waals surface area contributed by atoms with Crippen LogP contribution in [0.1, 0.15) is 16.7 Å². The van der Waals surface area contributed by atoms with Gasteiger partial charge >= 0.3 is 0 Å². The highest BCUT2D eigenvalue weighted by atomic mass is 35.5. The van der Waals surface area contributed by atoms with E-state index in [1.54, 1.807) is 66.9 Å². The minimum absolute atomic E-state index is 0.0189. The molecule has 4 rings (SSSR count). The van der Waals surface area contributed by atoms with Crippen LogP contribution in [-0.2, 0) is 23.3 Å². The zero-order chi connectivity index (χ0) is 22.7. The summed E-state index contributed by atoms with van der Waals surface area (Å²) in [5, 5.41) is 4.82. The smallest absolute Gasteiger partial charge is 0.275 e. The number of benzene rings is 3. The second kappa shape index (κ2) is 9.56. The molecule has 0 saturated heterocycles. The van der Waals surface area contributed by atoms with Gasteiger partial charge in [0.1, 0.15) is 5.82 Å². The van der Waals surface area contributed by atoms with Gasteiger partial charge in [0, 0.05) is 22.6 Å². The van der Waals surface area contributed by atoms with Gasteiger partial charge in [-0.05, 0) is 47.0 Å². The van der Waals surface area contributed by atoms with E-state index in [1.807, 2.05) is 0 Å². The van der Waals surface area contributed by atoms with Crippen LogP contribution in [0.3, 0.4) is 0 Å². The highest BCUT2D eigenvalue weighted by Gasteiger charge is 2.16. The van der Waals surface area contributed by atoms with Gasteiger partial charge in [-0.25, -0.2) is 8.60 Å². The highest BCUT2D eigenvalue weighted by Crippen LogP contribution is 2.25. The first-order valence-corrected chi connectivity index (χ1v) is 11.3. The molecule has 0 aliphatic rings. The molecular formula is C24H18ClFN2O3S. The fraction of sp³-hybridized carbons (Fsp3) is 0.0833. The Balaban J connectivity index is 1.84. The van der Waals surface area contributed by atoms with Crippen molar-refractivity contribution in [2.24, 2.45) is 0 Å². The second-order valence-corrected chi connectivity index (χ2v) is 8.57. The van der Waals surface area contributed by atoms with Crippen LogP contribution in [0, 0.1) is 5.82 Å². The van der Waals surface area contributed by atoms with E-state index < -0.39 is 11.1 Å². The minimum atomic E-state index is -1.94. The Kier molecular flexibility index (Phi) is 6.60. The predicted octanol–water partition coefficient (Wildman–Crippen LogP) is 5.00. The molecule has 1 unspecified atom stereocenters. The fourth-order valence-corrected chi connectivity index (χ4v) is 4.14. The lowest BCUT2D eigenvalue weighted by atomic mass is 9.97. The summed E-state index contributed by atoms with van der Waals surface area (Å²) >= 11 is 4.14. The molecule has 0 radical (unpaired) electrons. The van der Waals surface area contributed by atoms with Crippen LogP contribution in [-0.4, -0.2) is 18.5 Å². The van der Waals surface area contributed by atoms with Gasteiger partial charge in [0.15, 0.2) is 11.1 Å². The zero-order valence-electron chi connectivity index (χ0n) is 16.7. The zero-order valence-corrected chi connectivity index (χ0v) is 18.3. The van der Waals surface area contributed by atoms with E-state index in [1.165, 1.54) is 16.8 Å². The molecule has 0 aliphatic heterocycles. The lowest BCUT2D eigenvalue weighted by Crippen LogP contribution is -2.25. The highest BCUT2D eigenvalue weighted by molar-refractivity contribution is 7.78. The maximum Gasteiger partial charge on any atom is 0.275 e. The van der Waals surface area contributed by atoms with Gasteiger partial charge in [-0.1, -0.05) is 54.1 Å². The molecule has 1 N–H and O–H groups in total. The Bertz CT molecular complexity index is 1360. The maximum absolute atomic E-state index is 13.8. The molecule has 0 fully saturated rings. The van der Waals surface area contributed by atoms with Gasteiger partial charge in [0.25, 0.3) is 5.56 Å². The second-order valence-electron chi connectivity index (χ2n) is 7.20. The minimum Gasteiger partial charge on any atom is -0.306 e. The SMILES string of the molecule is O=c1c(Cc2cccc(F)c2)c(-c2ccc(CS(=O)O)cc2)cnn1-c1cccc(Cl)c1. The third-order valence-electron chi connectivity index (χ3n) is 4.96. The number of nitrogens with zero attached hydrogens (tertiary/aromatic N) is 2. The Hall–Kier alpha value is -3.13. The fourth-order valence-electron chi connectivity index (χ4n) is 3.47. The molecule has 0 amide bonds. The van der Waals surface area contributed by atoms with Gasteiger partial charge in [0.2, 0.25) is 0 Å². The quantitative estimate of drug-likeness (QED) is 0.404. The standard InChI is InChI=1S/C24H18ClFN2O3S/c25-19-4-2-6-21(13-19)28-24(29)22(12-17-3-1-5-20(26)11-17)23(14-27-28)18-9-7-16(8-10-18)15-32(30)31/h1-11,13-14H,12,15H2,(H,30,31). The van der Waals surface area contributed by atoms with E-state index in [0.29, 0.717) is 33.0 Å². The van der Waals surface area contributed by atoms with E-state index in [4.69, 9.17) is 16.2 Å². The average molecular weight is 469 g/mol. The van der Waals surface area contributed by atoms with Crippen molar-refractivity contribution in [3.05, 3.63) is 117 Å². The van der Waals surface area contributed by atoms with Crippen molar-refractivity contribution in [3.8, 4) is 16.8 Å². The van der Waals surface area contributed by atoms with Crippen molar-refractivity contribution < 1.29 is 13.2 Å². The van der Waals surface area contributed by atoms with Crippen molar-refractivity contribution in [1.29, 1.82) is 0 Å². The van der Waals surface area contributed by atoms with E-state index in [0.717, 1.165) is 5.56 Å².